The van der Waals surface area contributed by atoms with Crippen molar-refractivity contribution in [3.05, 3.63) is 21.4 Å². The minimum Gasteiger partial charge on any atom is -0.338 e. The summed E-state index contributed by atoms with van der Waals surface area (Å²) in [6.07, 6.45) is 5.72. The maximum absolute atomic E-state index is 12.7. The lowest BCUT2D eigenvalue weighted by Gasteiger charge is -2.31. The number of piperidine rings is 1. The molecule has 4 heteroatoms. The lowest BCUT2D eigenvalue weighted by atomic mass is 9.90. The van der Waals surface area contributed by atoms with Crippen LogP contribution in [0.15, 0.2) is 6.07 Å². The quantitative estimate of drug-likeness (QED) is 0.909. The summed E-state index contributed by atoms with van der Waals surface area (Å²) in [6, 6.07) is 2.57. The van der Waals surface area contributed by atoms with Gasteiger partial charge in [0.15, 0.2) is 0 Å². The number of carbonyl (C=O) groups is 1. The van der Waals surface area contributed by atoms with Crippen LogP contribution in [-0.2, 0) is 12.8 Å². The van der Waals surface area contributed by atoms with Gasteiger partial charge in [0.25, 0.3) is 5.91 Å². The van der Waals surface area contributed by atoms with Gasteiger partial charge in [0.05, 0.1) is 4.88 Å². The second kappa shape index (κ2) is 5.86. The van der Waals surface area contributed by atoms with Gasteiger partial charge in [0.2, 0.25) is 0 Å². The van der Waals surface area contributed by atoms with E-state index in [0.717, 1.165) is 49.6 Å². The van der Waals surface area contributed by atoms with Crippen molar-refractivity contribution in [1.29, 1.82) is 0 Å². The van der Waals surface area contributed by atoms with Gasteiger partial charge in [-0.2, -0.15) is 0 Å². The van der Waals surface area contributed by atoms with Crippen molar-refractivity contribution in [2.24, 2.45) is 5.92 Å². The molecule has 2 aliphatic rings. The Bertz CT molecular complexity index is 491. The molecule has 20 heavy (non-hydrogen) atoms. The second-order valence-corrected chi connectivity index (χ2v) is 7.44. The van der Waals surface area contributed by atoms with E-state index in [1.807, 2.05) is 11.9 Å². The molecule has 1 unspecified atom stereocenters. The van der Waals surface area contributed by atoms with Crippen LogP contribution in [0.5, 0.6) is 0 Å². The molecule has 1 saturated heterocycles. The molecule has 0 radical (unpaired) electrons. The number of nitrogens with zero attached hydrogens (tertiary/aromatic N) is 1. The Morgan fingerprint density at radius 1 is 1.35 bits per heavy atom. The molecule has 1 aromatic heterocycles. The van der Waals surface area contributed by atoms with Crippen LogP contribution in [-0.4, -0.2) is 37.0 Å². The third-order valence-corrected chi connectivity index (χ3v) is 5.94. The highest BCUT2D eigenvalue weighted by Crippen LogP contribution is 2.33. The van der Waals surface area contributed by atoms with Crippen molar-refractivity contribution in [3.63, 3.8) is 0 Å². The Hall–Kier alpha value is -0.870. The number of aryl methyl sites for hydroxylation is 1. The standard InChI is InChI=1S/C16H24N2OS/c1-11-3-4-14-12(9-11)10-15(20-14)16(19)18(2)13-5-7-17-8-6-13/h10-11,13,17H,3-9H2,1-2H3. The van der Waals surface area contributed by atoms with Gasteiger partial charge in [0.1, 0.15) is 0 Å². The average Bonchev–Trinajstić information content (AvgIpc) is 2.89. The summed E-state index contributed by atoms with van der Waals surface area (Å²) in [5.41, 5.74) is 1.43. The van der Waals surface area contributed by atoms with Crippen LogP contribution >= 0.6 is 11.3 Å². The largest absolute Gasteiger partial charge is 0.338 e. The minimum absolute atomic E-state index is 0.226. The third-order valence-electron chi connectivity index (χ3n) is 4.72. The molecule has 1 amide bonds. The number of fused-ring (bicyclic) bond motifs is 1. The Balaban J connectivity index is 1.73. The smallest absolute Gasteiger partial charge is 0.263 e. The summed E-state index contributed by atoms with van der Waals surface area (Å²) >= 11 is 1.73. The summed E-state index contributed by atoms with van der Waals surface area (Å²) in [7, 11) is 1.97. The van der Waals surface area contributed by atoms with E-state index in [4.69, 9.17) is 0 Å². The molecular formula is C16H24N2OS. The van der Waals surface area contributed by atoms with E-state index in [9.17, 15) is 4.79 Å². The molecule has 0 saturated carbocycles. The SMILES string of the molecule is CC1CCc2sc(C(=O)N(C)C3CCNCC3)cc2C1. The minimum atomic E-state index is 0.226. The Morgan fingerprint density at radius 2 is 2.10 bits per heavy atom. The fourth-order valence-electron chi connectivity index (χ4n) is 3.34. The zero-order valence-electron chi connectivity index (χ0n) is 12.4. The average molecular weight is 292 g/mol. The van der Waals surface area contributed by atoms with E-state index >= 15 is 0 Å². The number of rotatable bonds is 2. The zero-order chi connectivity index (χ0) is 14.1. The van der Waals surface area contributed by atoms with E-state index in [0.29, 0.717) is 6.04 Å². The Kier molecular flexibility index (Phi) is 4.13. The summed E-state index contributed by atoms with van der Waals surface area (Å²) in [6.45, 7) is 4.37. The highest BCUT2D eigenvalue weighted by atomic mass is 32.1. The molecule has 0 bridgehead atoms. The molecular weight excluding hydrogens is 268 g/mol. The van der Waals surface area contributed by atoms with Gasteiger partial charge in [-0.25, -0.2) is 0 Å². The number of thiophene rings is 1. The highest BCUT2D eigenvalue weighted by Gasteiger charge is 2.26. The number of amides is 1. The second-order valence-electron chi connectivity index (χ2n) is 6.30. The molecule has 1 N–H and O–H groups in total. The zero-order valence-corrected chi connectivity index (χ0v) is 13.3. The molecule has 2 heterocycles. The maximum atomic E-state index is 12.7. The summed E-state index contributed by atoms with van der Waals surface area (Å²) in [4.78, 5) is 17.0. The summed E-state index contributed by atoms with van der Waals surface area (Å²) < 4.78 is 0. The number of nitrogens with one attached hydrogen (secondary N) is 1. The normalized spacial score (nSPS) is 23.4. The Morgan fingerprint density at radius 3 is 2.85 bits per heavy atom. The van der Waals surface area contributed by atoms with Crippen LogP contribution in [0.1, 0.15) is 46.3 Å². The van der Waals surface area contributed by atoms with Crippen LogP contribution in [0, 0.1) is 5.92 Å². The van der Waals surface area contributed by atoms with Crippen LogP contribution in [0.2, 0.25) is 0 Å². The molecule has 3 nitrogen and oxygen atoms in total. The Labute approximate surface area is 125 Å². The number of hydrogen-bond donors (Lipinski definition) is 1. The van der Waals surface area contributed by atoms with E-state index < -0.39 is 0 Å². The molecule has 1 aliphatic carbocycles. The lowest BCUT2D eigenvalue weighted by molar-refractivity contribution is 0.0708. The molecule has 0 aromatic carbocycles. The van der Waals surface area contributed by atoms with Crippen LogP contribution in [0.4, 0.5) is 0 Å². The van der Waals surface area contributed by atoms with E-state index in [-0.39, 0.29) is 5.91 Å². The van der Waals surface area contributed by atoms with Gasteiger partial charge >= 0.3 is 0 Å². The fraction of sp³-hybridized carbons (Fsp3) is 0.688. The third kappa shape index (κ3) is 2.77. The van der Waals surface area contributed by atoms with Crippen LogP contribution in [0.3, 0.4) is 0 Å². The van der Waals surface area contributed by atoms with Crippen LogP contribution < -0.4 is 5.32 Å². The van der Waals surface area contributed by atoms with Crippen molar-refractivity contribution < 1.29 is 4.79 Å². The van der Waals surface area contributed by atoms with Gasteiger partial charge in [0, 0.05) is 18.0 Å². The van der Waals surface area contributed by atoms with Gasteiger partial charge in [-0.3, -0.25) is 4.79 Å². The first kappa shape index (κ1) is 14.1. The molecule has 110 valence electrons. The first-order valence-corrected chi connectivity index (χ1v) is 8.56. The lowest BCUT2D eigenvalue weighted by Crippen LogP contribution is -2.43. The number of carbonyl (C=O) groups excluding carboxylic acids is 1. The van der Waals surface area contributed by atoms with Gasteiger partial charge < -0.3 is 10.2 Å². The fourth-order valence-corrected chi connectivity index (χ4v) is 4.54. The van der Waals surface area contributed by atoms with E-state index in [2.05, 4.69) is 18.3 Å². The first-order chi connectivity index (χ1) is 9.65. The molecule has 3 rings (SSSR count). The number of hydrogen-bond acceptors (Lipinski definition) is 3. The molecule has 1 fully saturated rings. The maximum Gasteiger partial charge on any atom is 0.263 e. The van der Waals surface area contributed by atoms with E-state index in [1.165, 1.54) is 16.9 Å². The van der Waals surface area contributed by atoms with Crippen molar-refractivity contribution in [2.45, 2.75) is 45.1 Å². The van der Waals surface area contributed by atoms with Crippen molar-refractivity contribution in [1.82, 2.24) is 10.2 Å². The van der Waals surface area contributed by atoms with Crippen LogP contribution in [0.25, 0.3) is 0 Å². The molecule has 1 aromatic rings. The van der Waals surface area contributed by atoms with Gasteiger partial charge in [-0.15, -0.1) is 11.3 Å². The van der Waals surface area contributed by atoms with Gasteiger partial charge in [-0.1, -0.05) is 6.92 Å². The summed E-state index contributed by atoms with van der Waals surface area (Å²) in [5, 5.41) is 3.36. The molecule has 1 aliphatic heterocycles. The monoisotopic (exact) mass is 292 g/mol. The summed E-state index contributed by atoms with van der Waals surface area (Å²) in [5.74, 6) is 0.992. The molecule has 0 spiro atoms. The van der Waals surface area contributed by atoms with Gasteiger partial charge in [-0.05, 0) is 62.7 Å². The highest BCUT2D eigenvalue weighted by molar-refractivity contribution is 7.14. The predicted molar refractivity (Wildman–Crippen MR) is 83.5 cm³/mol. The van der Waals surface area contributed by atoms with Crippen molar-refractivity contribution in [3.8, 4) is 0 Å². The van der Waals surface area contributed by atoms with Crippen molar-refractivity contribution in [2.75, 3.05) is 20.1 Å². The first-order valence-electron chi connectivity index (χ1n) is 7.74. The van der Waals surface area contributed by atoms with Crippen molar-refractivity contribution >= 4 is 17.2 Å². The van der Waals surface area contributed by atoms with E-state index in [1.54, 1.807) is 11.3 Å². The predicted octanol–water partition coefficient (Wildman–Crippen LogP) is 2.70. The topological polar surface area (TPSA) is 32.3 Å². The molecule has 1 atom stereocenters.